The summed E-state index contributed by atoms with van der Waals surface area (Å²) < 4.78 is 1.85. The van der Waals surface area contributed by atoms with E-state index in [1.54, 1.807) is 24.0 Å². The molecule has 0 bridgehead atoms. The van der Waals surface area contributed by atoms with Crippen molar-refractivity contribution in [2.45, 2.75) is 32.4 Å². The van der Waals surface area contributed by atoms with Crippen LogP contribution < -0.4 is 5.73 Å². The van der Waals surface area contributed by atoms with Crippen LogP contribution in [0.3, 0.4) is 0 Å². The molecule has 0 fully saturated rings. The molecule has 0 amide bonds. The van der Waals surface area contributed by atoms with Crippen molar-refractivity contribution in [2.24, 2.45) is 5.73 Å². The number of rotatable bonds is 4. The minimum absolute atomic E-state index is 0.0686. The SMILES string of the molecule is CCC(N)C(c1sccc1C)n1cncn1. The maximum atomic E-state index is 6.19. The Bertz CT molecular complexity index is 435. The highest BCUT2D eigenvalue weighted by atomic mass is 32.1. The Labute approximate surface area is 99.1 Å². The summed E-state index contributed by atoms with van der Waals surface area (Å²) in [5.41, 5.74) is 7.46. The number of aromatic nitrogens is 3. The van der Waals surface area contributed by atoms with Crippen molar-refractivity contribution < 1.29 is 0 Å². The zero-order valence-corrected chi connectivity index (χ0v) is 10.3. The number of thiophene rings is 1. The summed E-state index contributed by atoms with van der Waals surface area (Å²) in [4.78, 5) is 5.28. The van der Waals surface area contributed by atoms with Gasteiger partial charge in [0.2, 0.25) is 0 Å². The summed E-state index contributed by atoms with van der Waals surface area (Å²) in [6.07, 6.45) is 4.21. The molecule has 86 valence electrons. The van der Waals surface area contributed by atoms with Crippen LogP contribution in [0.5, 0.6) is 0 Å². The molecule has 0 spiro atoms. The molecular weight excluding hydrogens is 220 g/mol. The Hall–Kier alpha value is -1.20. The highest BCUT2D eigenvalue weighted by molar-refractivity contribution is 7.10. The minimum atomic E-state index is 0.0686. The van der Waals surface area contributed by atoms with Crippen LogP contribution in [0.1, 0.15) is 29.8 Å². The molecule has 2 atom stereocenters. The highest BCUT2D eigenvalue weighted by Gasteiger charge is 2.23. The lowest BCUT2D eigenvalue weighted by Gasteiger charge is -2.22. The molecule has 16 heavy (non-hydrogen) atoms. The molecule has 0 aliphatic carbocycles. The van der Waals surface area contributed by atoms with Gasteiger partial charge in [-0.1, -0.05) is 6.92 Å². The number of nitrogens with two attached hydrogens (primary N) is 1. The third-order valence-electron chi connectivity index (χ3n) is 2.77. The first-order chi connectivity index (χ1) is 7.74. The van der Waals surface area contributed by atoms with Crippen LogP contribution in [0.2, 0.25) is 0 Å². The monoisotopic (exact) mass is 236 g/mol. The minimum Gasteiger partial charge on any atom is -0.326 e. The van der Waals surface area contributed by atoms with Crippen molar-refractivity contribution in [1.29, 1.82) is 0 Å². The number of nitrogens with zero attached hydrogens (tertiary/aromatic N) is 3. The Morgan fingerprint density at radius 3 is 2.88 bits per heavy atom. The van der Waals surface area contributed by atoms with Gasteiger partial charge >= 0.3 is 0 Å². The van der Waals surface area contributed by atoms with Gasteiger partial charge in [-0.3, -0.25) is 0 Å². The lowest BCUT2D eigenvalue weighted by atomic mass is 10.0. The van der Waals surface area contributed by atoms with Crippen molar-refractivity contribution in [2.75, 3.05) is 0 Å². The average molecular weight is 236 g/mol. The first-order valence-electron chi connectivity index (χ1n) is 5.37. The van der Waals surface area contributed by atoms with Gasteiger partial charge in [-0.15, -0.1) is 11.3 Å². The Balaban J connectivity index is 2.40. The zero-order chi connectivity index (χ0) is 11.5. The van der Waals surface area contributed by atoms with Gasteiger partial charge in [0.05, 0.1) is 0 Å². The second-order valence-corrected chi connectivity index (χ2v) is 4.81. The van der Waals surface area contributed by atoms with Crippen molar-refractivity contribution in [1.82, 2.24) is 14.8 Å². The summed E-state index contributed by atoms with van der Waals surface area (Å²) in [6, 6.07) is 2.29. The van der Waals surface area contributed by atoms with Crippen LogP contribution in [0.15, 0.2) is 24.1 Å². The van der Waals surface area contributed by atoms with Crippen molar-refractivity contribution >= 4 is 11.3 Å². The topological polar surface area (TPSA) is 56.7 Å². The van der Waals surface area contributed by atoms with E-state index < -0.39 is 0 Å². The summed E-state index contributed by atoms with van der Waals surface area (Å²) >= 11 is 1.73. The van der Waals surface area contributed by atoms with Gasteiger partial charge in [0, 0.05) is 10.9 Å². The average Bonchev–Trinajstić information content (AvgIpc) is 2.92. The fourth-order valence-corrected chi connectivity index (χ4v) is 2.88. The smallest absolute Gasteiger partial charge is 0.137 e. The summed E-state index contributed by atoms with van der Waals surface area (Å²) in [5.74, 6) is 0. The fourth-order valence-electron chi connectivity index (χ4n) is 1.78. The highest BCUT2D eigenvalue weighted by Crippen LogP contribution is 2.29. The normalized spacial score (nSPS) is 14.9. The van der Waals surface area contributed by atoms with Gasteiger partial charge in [-0.05, 0) is 30.4 Å². The fraction of sp³-hybridized carbons (Fsp3) is 0.455. The zero-order valence-electron chi connectivity index (χ0n) is 9.50. The van der Waals surface area contributed by atoms with Crippen LogP contribution in [0.4, 0.5) is 0 Å². The third-order valence-corrected chi connectivity index (χ3v) is 3.86. The van der Waals surface area contributed by atoms with E-state index in [0.29, 0.717) is 0 Å². The number of hydrogen-bond acceptors (Lipinski definition) is 4. The molecule has 0 aliphatic heterocycles. The van der Waals surface area contributed by atoms with Gasteiger partial charge in [0.1, 0.15) is 18.7 Å². The molecule has 0 radical (unpaired) electrons. The molecule has 2 unspecified atom stereocenters. The maximum Gasteiger partial charge on any atom is 0.137 e. The summed E-state index contributed by atoms with van der Waals surface area (Å²) in [5, 5.41) is 6.31. The van der Waals surface area contributed by atoms with E-state index in [1.165, 1.54) is 10.4 Å². The lowest BCUT2D eigenvalue weighted by molar-refractivity contribution is 0.427. The molecule has 2 aromatic rings. The van der Waals surface area contributed by atoms with Gasteiger partial charge in [-0.2, -0.15) is 5.10 Å². The van der Waals surface area contributed by atoms with Crippen molar-refractivity contribution in [3.63, 3.8) is 0 Å². The molecule has 0 aliphatic rings. The third kappa shape index (κ3) is 2.01. The van der Waals surface area contributed by atoms with Crippen molar-refractivity contribution in [3.05, 3.63) is 34.5 Å². The second kappa shape index (κ2) is 4.76. The molecule has 5 heteroatoms. The largest absolute Gasteiger partial charge is 0.326 e. The van der Waals surface area contributed by atoms with Crippen LogP contribution in [0.25, 0.3) is 0 Å². The number of hydrogen-bond donors (Lipinski definition) is 1. The quantitative estimate of drug-likeness (QED) is 0.883. The second-order valence-electron chi connectivity index (χ2n) is 3.86. The van der Waals surface area contributed by atoms with Crippen molar-refractivity contribution in [3.8, 4) is 0 Å². The van der Waals surface area contributed by atoms with Gasteiger partial charge < -0.3 is 5.73 Å². The molecule has 2 heterocycles. The Morgan fingerprint density at radius 2 is 2.38 bits per heavy atom. The van der Waals surface area contributed by atoms with Gasteiger partial charge in [-0.25, -0.2) is 9.67 Å². The van der Waals surface area contributed by atoms with Crippen LogP contribution in [-0.4, -0.2) is 20.8 Å². The molecule has 4 nitrogen and oxygen atoms in total. The van der Waals surface area contributed by atoms with E-state index in [1.807, 2.05) is 4.68 Å². The molecule has 0 saturated heterocycles. The van der Waals surface area contributed by atoms with E-state index in [4.69, 9.17) is 5.73 Å². The predicted octanol–water partition coefficient (Wildman–Crippen LogP) is 1.97. The van der Waals surface area contributed by atoms with E-state index in [9.17, 15) is 0 Å². The lowest BCUT2D eigenvalue weighted by Crippen LogP contribution is -2.32. The van der Waals surface area contributed by atoms with Gasteiger partial charge in [0.15, 0.2) is 0 Å². The molecule has 2 N–H and O–H groups in total. The molecule has 2 rings (SSSR count). The summed E-state index contributed by atoms with van der Waals surface area (Å²) in [7, 11) is 0. The predicted molar refractivity (Wildman–Crippen MR) is 65.5 cm³/mol. The maximum absolute atomic E-state index is 6.19. The van der Waals surface area contributed by atoms with Crippen LogP contribution in [-0.2, 0) is 0 Å². The van der Waals surface area contributed by atoms with E-state index >= 15 is 0 Å². The molecule has 0 saturated carbocycles. The summed E-state index contributed by atoms with van der Waals surface area (Å²) in [6.45, 7) is 4.20. The molecule has 2 aromatic heterocycles. The number of aryl methyl sites for hydroxylation is 1. The first-order valence-corrected chi connectivity index (χ1v) is 6.25. The standard InChI is InChI=1S/C11H16N4S/c1-3-9(12)10(15-7-13-6-14-15)11-8(2)4-5-16-11/h4-7,9-10H,3,12H2,1-2H3. The van der Waals surface area contributed by atoms with E-state index in [2.05, 4.69) is 35.4 Å². The van der Waals surface area contributed by atoms with E-state index in [0.717, 1.165) is 6.42 Å². The van der Waals surface area contributed by atoms with Gasteiger partial charge in [0.25, 0.3) is 0 Å². The first kappa shape index (κ1) is 11.3. The van der Waals surface area contributed by atoms with Crippen LogP contribution in [0, 0.1) is 6.92 Å². The molecular formula is C11H16N4S. The Morgan fingerprint density at radius 1 is 1.56 bits per heavy atom. The molecule has 0 aromatic carbocycles. The Kier molecular flexibility index (Phi) is 3.36. The van der Waals surface area contributed by atoms with Crippen LogP contribution >= 0.6 is 11.3 Å². The van der Waals surface area contributed by atoms with E-state index in [-0.39, 0.29) is 12.1 Å².